The molecule has 6 heteroatoms. The lowest BCUT2D eigenvalue weighted by atomic mass is 10.2. The van der Waals surface area contributed by atoms with Crippen LogP contribution in [0.5, 0.6) is 0 Å². The van der Waals surface area contributed by atoms with Crippen molar-refractivity contribution in [1.29, 1.82) is 0 Å². The van der Waals surface area contributed by atoms with E-state index >= 15 is 0 Å². The van der Waals surface area contributed by atoms with Gasteiger partial charge in [0, 0.05) is 24.4 Å². The Morgan fingerprint density at radius 1 is 1.17 bits per heavy atom. The number of thiophene rings is 1. The highest BCUT2D eigenvalue weighted by Gasteiger charge is 2.35. The third-order valence-electron chi connectivity index (χ3n) is 5.33. The van der Waals surface area contributed by atoms with E-state index in [4.69, 9.17) is 0 Å². The summed E-state index contributed by atoms with van der Waals surface area (Å²) in [5.41, 5.74) is 1.20. The first-order chi connectivity index (χ1) is 11.6. The molecule has 2 aliphatic rings. The number of fused-ring (bicyclic) bond motifs is 1. The first kappa shape index (κ1) is 15.8. The highest BCUT2D eigenvalue weighted by Crippen LogP contribution is 2.34. The van der Waals surface area contributed by atoms with Crippen molar-refractivity contribution in [2.45, 2.75) is 65.0 Å². The smallest absolute Gasteiger partial charge is 0.264 e. The van der Waals surface area contributed by atoms with Gasteiger partial charge in [0.1, 0.15) is 5.82 Å². The molecular formula is C18H24N4OS. The van der Waals surface area contributed by atoms with Gasteiger partial charge in [-0.15, -0.1) is 21.5 Å². The molecule has 2 aromatic rings. The second-order valence-corrected chi connectivity index (χ2v) is 8.20. The van der Waals surface area contributed by atoms with Crippen molar-refractivity contribution in [2.75, 3.05) is 6.54 Å². The third-order valence-corrected chi connectivity index (χ3v) is 6.47. The predicted molar refractivity (Wildman–Crippen MR) is 94.4 cm³/mol. The van der Waals surface area contributed by atoms with Gasteiger partial charge in [0.15, 0.2) is 5.82 Å². The number of likely N-dealkylation sites (tertiary alicyclic amines) is 1. The molecule has 0 bridgehead atoms. The van der Waals surface area contributed by atoms with Gasteiger partial charge in [0.25, 0.3) is 5.91 Å². The number of nitrogens with zero attached hydrogens (tertiary/aromatic N) is 4. The Balaban J connectivity index is 1.63. The molecule has 0 saturated carbocycles. The summed E-state index contributed by atoms with van der Waals surface area (Å²) in [6.45, 7) is 5.97. The molecule has 0 aromatic carbocycles. The van der Waals surface area contributed by atoms with Crippen LogP contribution in [0, 0.1) is 13.8 Å². The average Bonchev–Trinajstić information content (AvgIpc) is 3.23. The molecule has 1 atom stereocenters. The first-order valence-corrected chi connectivity index (χ1v) is 9.77. The molecule has 5 nitrogen and oxygen atoms in total. The Labute approximate surface area is 146 Å². The normalized spacial score (nSPS) is 20.9. The molecule has 24 heavy (non-hydrogen) atoms. The first-order valence-electron chi connectivity index (χ1n) is 8.95. The number of hydrogen-bond donors (Lipinski definition) is 0. The maximum absolute atomic E-state index is 13.0. The van der Waals surface area contributed by atoms with Gasteiger partial charge in [-0.3, -0.25) is 4.79 Å². The van der Waals surface area contributed by atoms with Crippen LogP contribution in [0.25, 0.3) is 0 Å². The van der Waals surface area contributed by atoms with Gasteiger partial charge in [-0.05, 0) is 51.2 Å². The van der Waals surface area contributed by atoms with E-state index in [1.807, 2.05) is 11.0 Å². The van der Waals surface area contributed by atoms with Crippen LogP contribution in [-0.4, -0.2) is 32.1 Å². The molecule has 0 spiro atoms. The monoisotopic (exact) mass is 344 g/mol. The molecule has 2 aromatic heterocycles. The van der Waals surface area contributed by atoms with Gasteiger partial charge in [-0.25, -0.2) is 0 Å². The van der Waals surface area contributed by atoms with Crippen LogP contribution < -0.4 is 0 Å². The van der Waals surface area contributed by atoms with E-state index in [0.717, 1.165) is 48.9 Å². The van der Waals surface area contributed by atoms with Crippen LogP contribution >= 0.6 is 11.3 Å². The van der Waals surface area contributed by atoms with Gasteiger partial charge in [-0.2, -0.15) is 0 Å². The van der Waals surface area contributed by atoms with Crippen LogP contribution in [0.15, 0.2) is 6.07 Å². The van der Waals surface area contributed by atoms with Gasteiger partial charge < -0.3 is 9.47 Å². The molecule has 128 valence electrons. The zero-order chi connectivity index (χ0) is 16.7. The minimum absolute atomic E-state index is 0.0829. The molecule has 0 unspecified atom stereocenters. The number of aryl methyl sites for hydroxylation is 3. The largest absolute Gasteiger partial charge is 0.328 e. The van der Waals surface area contributed by atoms with Crippen molar-refractivity contribution >= 4 is 17.2 Å². The lowest BCUT2D eigenvalue weighted by Gasteiger charge is -2.24. The van der Waals surface area contributed by atoms with E-state index in [0.29, 0.717) is 0 Å². The van der Waals surface area contributed by atoms with Crippen LogP contribution in [0.3, 0.4) is 0 Å². The second-order valence-electron chi connectivity index (χ2n) is 6.94. The van der Waals surface area contributed by atoms with Gasteiger partial charge in [0.2, 0.25) is 0 Å². The molecule has 0 N–H and O–H groups in total. The highest BCUT2D eigenvalue weighted by molar-refractivity contribution is 7.14. The van der Waals surface area contributed by atoms with E-state index in [1.165, 1.54) is 29.7 Å². The number of carbonyl (C=O) groups excluding carboxylic acids is 1. The molecule has 4 rings (SSSR count). The highest BCUT2D eigenvalue weighted by atomic mass is 32.1. The number of rotatable bonds is 2. The summed E-state index contributed by atoms with van der Waals surface area (Å²) in [5.74, 6) is 2.26. The minimum atomic E-state index is 0.0829. The lowest BCUT2D eigenvalue weighted by Crippen LogP contribution is -2.31. The molecule has 1 fully saturated rings. The average molecular weight is 344 g/mol. The molecule has 1 amide bonds. The number of hydrogen-bond acceptors (Lipinski definition) is 4. The molecule has 4 heterocycles. The third kappa shape index (κ3) is 2.66. The van der Waals surface area contributed by atoms with Crippen LogP contribution in [0.2, 0.25) is 0 Å². The van der Waals surface area contributed by atoms with E-state index in [9.17, 15) is 4.79 Å². The summed E-state index contributed by atoms with van der Waals surface area (Å²) in [6.07, 6.45) is 6.68. The quantitative estimate of drug-likeness (QED) is 0.835. The summed E-state index contributed by atoms with van der Waals surface area (Å²) < 4.78 is 2.29. The number of amides is 1. The Morgan fingerprint density at radius 2 is 2.04 bits per heavy atom. The fourth-order valence-electron chi connectivity index (χ4n) is 3.85. The summed E-state index contributed by atoms with van der Waals surface area (Å²) in [7, 11) is 0. The molecular weight excluding hydrogens is 320 g/mol. The predicted octanol–water partition coefficient (Wildman–Crippen LogP) is 3.66. The van der Waals surface area contributed by atoms with Crippen molar-refractivity contribution in [2.24, 2.45) is 0 Å². The van der Waals surface area contributed by atoms with Crippen molar-refractivity contribution in [3.05, 3.63) is 33.0 Å². The van der Waals surface area contributed by atoms with Crippen molar-refractivity contribution in [3.8, 4) is 0 Å². The van der Waals surface area contributed by atoms with Crippen LogP contribution in [-0.2, 0) is 13.0 Å². The van der Waals surface area contributed by atoms with Crippen molar-refractivity contribution in [1.82, 2.24) is 19.7 Å². The molecule has 0 aliphatic carbocycles. The maximum Gasteiger partial charge on any atom is 0.264 e. The summed E-state index contributed by atoms with van der Waals surface area (Å²) in [6, 6.07) is 2.11. The van der Waals surface area contributed by atoms with Gasteiger partial charge >= 0.3 is 0 Å². The van der Waals surface area contributed by atoms with Crippen LogP contribution in [0.1, 0.15) is 69.9 Å². The van der Waals surface area contributed by atoms with E-state index < -0.39 is 0 Å². The Hall–Kier alpha value is -1.69. The number of carbonyl (C=O) groups is 1. The Bertz CT molecular complexity index is 744. The maximum atomic E-state index is 13.0. The fourth-order valence-corrected chi connectivity index (χ4v) is 4.84. The Morgan fingerprint density at radius 3 is 2.83 bits per heavy atom. The zero-order valence-corrected chi connectivity index (χ0v) is 15.2. The summed E-state index contributed by atoms with van der Waals surface area (Å²) in [5, 5.41) is 8.92. The molecule has 0 radical (unpaired) electrons. The topological polar surface area (TPSA) is 51.0 Å². The fraction of sp³-hybridized carbons (Fsp3) is 0.611. The Kier molecular flexibility index (Phi) is 4.16. The SMILES string of the molecule is Cc1cc(C(=O)N2CCC[C@H]2c2nnc3n2CCCCC3)sc1C. The van der Waals surface area contributed by atoms with E-state index in [1.54, 1.807) is 11.3 Å². The standard InChI is InChI=1S/C18H24N4OS/c1-12-11-15(24-13(12)2)18(23)21-10-6-7-14(21)17-20-19-16-8-4-3-5-9-22(16)17/h11,14H,3-10H2,1-2H3/t14-/m0/s1. The van der Waals surface area contributed by atoms with E-state index in [2.05, 4.69) is 28.6 Å². The summed E-state index contributed by atoms with van der Waals surface area (Å²) in [4.78, 5) is 17.1. The second kappa shape index (κ2) is 6.31. The van der Waals surface area contributed by atoms with E-state index in [-0.39, 0.29) is 11.9 Å². The van der Waals surface area contributed by atoms with Crippen LogP contribution in [0.4, 0.5) is 0 Å². The molecule has 1 saturated heterocycles. The lowest BCUT2D eigenvalue weighted by molar-refractivity contribution is 0.0732. The molecule has 2 aliphatic heterocycles. The van der Waals surface area contributed by atoms with Gasteiger partial charge in [0.05, 0.1) is 10.9 Å². The van der Waals surface area contributed by atoms with Crippen molar-refractivity contribution < 1.29 is 4.79 Å². The zero-order valence-electron chi connectivity index (χ0n) is 14.4. The summed E-state index contributed by atoms with van der Waals surface area (Å²) >= 11 is 1.61. The number of aromatic nitrogens is 3. The van der Waals surface area contributed by atoms with Gasteiger partial charge in [-0.1, -0.05) is 6.42 Å². The minimum Gasteiger partial charge on any atom is -0.328 e. The van der Waals surface area contributed by atoms with Crippen molar-refractivity contribution in [3.63, 3.8) is 0 Å².